The van der Waals surface area contributed by atoms with Crippen LogP contribution in [0.2, 0.25) is 0 Å². The molecule has 72 valence electrons. The summed E-state index contributed by atoms with van der Waals surface area (Å²) in [6.45, 7) is -0.123. The average Bonchev–Trinajstić information content (AvgIpc) is 2.25. The van der Waals surface area contributed by atoms with Crippen LogP contribution in [0.25, 0.3) is 6.08 Å². The molecule has 0 atom stereocenters. The molecule has 1 aromatic carbocycles. The van der Waals surface area contributed by atoms with Crippen LogP contribution in [0.1, 0.15) is 5.56 Å². The van der Waals surface area contributed by atoms with Gasteiger partial charge in [-0.3, -0.25) is 4.79 Å². The summed E-state index contributed by atoms with van der Waals surface area (Å²) < 4.78 is 0. The van der Waals surface area contributed by atoms with Crippen LogP contribution in [0.3, 0.4) is 0 Å². The van der Waals surface area contributed by atoms with Crippen LogP contribution >= 0.6 is 0 Å². The van der Waals surface area contributed by atoms with Crippen molar-refractivity contribution in [2.75, 3.05) is 6.61 Å². The van der Waals surface area contributed by atoms with Gasteiger partial charge in [0.05, 0.1) is 6.61 Å². The van der Waals surface area contributed by atoms with Crippen molar-refractivity contribution in [2.45, 2.75) is 0 Å². The Morgan fingerprint density at radius 1 is 1.29 bits per heavy atom. The zero-order valence-electron chi connectivity index (χ0n) is 7.76. The van der Waals surface area contributed by atoms with E-state index in [9.17, 15) is 4.79 Å². The minimum atomic E-state index is -0.123. The molecule has 0 heterocycles. The third-order valence-electron chi connectivity index (χ3n) is 1.75. The first-order valence-corrected chi connectivity index (χ1v) is 4.35. The number of hydrogen-bond acceptors (Lipinski definition) is 2. The summed E-state index contributed by atoms with van der Waals surface area (Å²) in [4.78, 5) is 10.2. The van der Waals surface area contributed by atoms with Crippen molar-refractivity contribution in [3.8, 4) is 0 Å². The molecule has 0 unspecified atom stereocenters. The van der Waals surface area contributed by atoms with Gasteiger partial charge in [-0.1, -0.05) is 42.5 Å². The number of benzene rings is 1. The van der Waals surface area contributed by atoms with E-state index < -0.39 is 0 Å². The molecule has 1 aromatic rings. The lowest BCUT2D eigenvalue weighted by Crippen LogP contribution is -1.86. The number of carbonyl (C=O) groups is 1. The lowest BCUT2D eigenvalue weighted by atomic mass is 10.1. The Balaban J connectivity index is 2.72. The molecule has 1 N–H and O–H groups in total. The summed E-state index contributed by atoms with van der Waals surface area (Å²) in [7, 11) is 0. The van der Waals surface area contributed by atoms with E-state index in [1.165, 1.54) is 6.08 Å². The minimum Gasteiger partial charge on any atom is -0.392 e. The number of carbonyl (C=O) groups excluding carboxylic acids is 1. The third kappa shape index (κ3) is 3.37. The Hall–Kier alpha value is -1.67. The lowest BCUT2D eigenvalue weighted by molar-refractivity contribution is -0.104. The van der Waals surface area contributed by atoms with Gasteiger partial charge in [0.2, 0.25) is 0 Å². The quantitative estimate of drug-likeness (QED) is 0.444. The van der Waals surface area contributed by atoms with Crippen LogP contribution in [0, 0.1) is 0 Å². The van der Waals surface area contributed by atoms with E-state index in [2.05, 4.69) is 0 Å². The van der Waals surface area contributed by atoms with E-state index in [-0.39, 0.29) is 6.61 Å². The van der Waals surface area contributed by atoms with Crippen LogP contribution in [-0.2, 0) is 4.79 Å². The van der Waals surface area contributed by atoms with E-state index in [1.54, 1.807) is 6.08 Å². The molecule has 0 amide bonds. The highest BCUT2D eigenvalue weighted by atomic mass is 16.3. The highest BCUT2D eigenvalue weighted by Crippen LogP contribution is 2.04. The number of aldehydes is 1. The van der Waals surface area contributed by atoms with Crippen LogP contribution < -0.4 is 0 Å². The first-order valence-electron chi connectivity index (χ1n) is 4.35. The molecule has 0 aliphatic carbocycles. The fraction of sp³-hybridized carbons (Fsp3) is 0.0833. The standard InChI is InChI=1S/C12H12O2/c13-9-8-12(10-14)7-6-11-4-2-1-3-5-11/h1-9,14H,10H2/b7-6+,12-8+. The number of aliphatic hydroxyl groups is 1. The monoisotopic (exact) mass is 188 g/mol. The molecule has 0 bridgehead atoms. The first-order chi connectivity index (χ1) is 6.86. The predicted molar refractivity (Wildman–Crippen MR) is 56.7 cm³/mol. The lowest BCUT2D eigenvalue weighted by Gasteiger charge is -1.94. The smallest absolute Gasteiger partial charge is 0.143 e. The number of aliphatic hydroxyl groups excluding tert-OH is 1. The molecular formula is C12H12O2. The molecule has 0 spiro atoms. The zero-order chi connectivity index (χ0) is 10.2. The fourth-order valence-electron chi connectivity index (χ4n) is 1.02. The van der Waals surface area contributed by atoms with Crippen molar-refractivity contribution in [3.05, 3.63) is 53.6 Å². The Labute approximate surface area is 83.2 Å². The number of hydrogen-bond donors (Lipinski definition) is 1. The maximum absolute atomic E-state index is 10.2. The summed E-state index contributed by atoms with van der Waals surface area (Å²) in [5.41, 5.74) is 1.64. The summed E-state index contributed by atoms with van der Waals surface area (Å²) in [5, 5.41) is 8.86. The van der Waals surface area contributed by atoms with Gasteiger partial charge in [-0.05, 0) is 17.2 Å². The molecule has 0 saturated carbocycles. The molecule has 0 aliphatic rings. The molecule has 2 nitrogen and oxygen atoms in total. The van der Waals surface area contributed by atoms with E-state index in [0.29, 0.717) is 11.9 Å². The van der Waals surface area contributed by atoms with E-state index >= 15 is 0 Å². The summed E-state index contributed by atoms with van der Waals surface area (Å²) in [5.74, 6) is 0. The molecule has 0 fully saturated rings. The zero-order valence-corrected chi connectivity index (χ0v) is 7.76. The normalized spacial score (nSPS) is 11.9. The van der Waals surface area contributed by atoms with Crippen molar-refractivity contribution < 1.29 is 9.90 Å². The Morgan fingerprint density at radius 3 is 2.57 bits per heavy atom. The van der Waals surface area contributed by atoms with Gasteiger partial charge in [0.25, 0.3) is 0 Å². The molecular weight excluding hydrogens is 176 g/mol. The van der Waals surface area contributed by atoms with Crippen LogP contribution in [-0.4, -0.2) is 18.0 Å². The van der Waals surface area contributed by atoms with Crippen LogP contribution in [0.15, 0.2) is 48.1 Å². The van der Waals surface area contributed by atoms with Gasteiger partial charge in [-0.15, -0.1) is 0 Å². The van der Waals surface area contributed by atoms with Crippen LogP contribution in [0.4, 0.5) is 0 Å². The van der Waals surface area contributed by atoms with E-state index in [1.807, 2.05) is 36.4 Å². The summed E-state index contributed by atoms with van der Waals surface area (Å²) in [6.07, 6.45) is 5.59. The number of allylic oxidation sites excluding steroid dienone is 1. The maximum atomic E-state index is 10.2. The number of rotatable bonds is 4. The Bertz CT molecular complexity index is 337. The Kier molecular flexibility index (Phi) is 4.38. The fourth-order valence-corrected chi connectivity index (χ4v) is 1.02. The van der Waals surface area contributed by atoms with Crippen molar-refractivity contribution in [2.24, 2.45) is 0 Å². The SMILES string of the molecule is O=C/C=C(\C=C\c1ccccc1)CO. The van der Waals surface area contributed by atoms with Crippen molar-refractivity contribution >= 4 is 12.4 Å². The molecule has 0 aromatic heterocycles. The van der Waals surface area contributed by atoms with Gasteiger partial charge in [0.15, 0.2) is 0 Å². The molecule has 1 rings (SSSR count). The van der Waals surface area contributed by atoms with Crippen molar-refractivity contribution in [1.29, 1.82) is 0 Å². The van der Waals surface area contributed by atoms with Gasteiger partial charge in [0.1, 0.15) is 6.29 Å². The third-order valence-corrected chi connectivity index (χ3v) is 1.75. The maximum Gasteiger partial charge on any atom is 0.143 e. The highest BCUT2D eigenvalue weighted by molar-refractivity contribution is 5.68. The van der Waals surface area contributed by atoms with Crippen molar-refractivity contribution in [3.63, 3.8) is 0 Å². The summed E-state index contributed by atoms with van der Waals surface area (Å²) >= 11 is 0. The summed E-state index contributed by atoms with van der Waals surface area (Å²) in [6, 6.07) is 9.70. The van der Waals surface area contributed by atoms with Crippen LogP contribution in [0.5, 0.6) is 0 Å². The second-order valence-corrected chi connectivity index (χ2v) is 2.78. The topological polar surface area (TPSA) is 37.3 Å². The van der Waals surface area contributed by atoms with E-state index in [4.69, 9.17) is 5.11 Å². The second kappa shape index (κ2) is 5.89. The van der Waals surface area contributed by atoms with Gasteiger partial charge in [-0.25, -0.2) is 0 Å². The second-order valence-electron chi connectivity index (χ2n) is 2.78. The molecule has 2 heteroatoms. The highest BCUT2D eigenvalue weighted by Gasteiger charge is 1.88. The predicted octanol–water partition coefficient (Wildman–Crippen LogP) is 1.82. The molecule has 14 heavy (non-hydrogen) atoms. The molecule has 0 radical (unpaired) electrons. The largest absolute Gasteiger partial charge is 0.392 e. The Morgan fingerprint density at radius 2 is 2.00 bits per heavy atom. The minimum absolute atomic E-state index is 0.123. The van der Waals surface area contributed by atoms with E-state index in [0.717, 1.165) is 5.56 Å². The van der Waals surface area contributed by atoms with Gasteiger partial charge < -0.3 is 5.11 Å². The van der Waals surface area contributed by atoms with Gasteiger partial charge in [-0.2, -0.15) is 0 Å². The van der Waals surface area contributed by atoms with Crippen molar-refractivity contribution in [1.82, 2.24) is 0 Å². The molecule has 0 saturated heterocycles. The van der Waals surface area contributed by atoms with Gasteiger partial charge in [0, 0.05) is 0 Å². The first kappa shape index (κ1) is 10.4. The van der Waals surface area contributed by atoms with Gasteiger partial charge >= 0.3 is 0 Å². The average molecular weight is 188 g/mol. The molecule has 0 aliphatic heterocycles.